The average molecular weight is 318 g/mol. The van der Waals surface area contributed by atoms with Crippen LogP contribution in [0.4, 0.5) is 0 Å². The zero-order chi connectivity index (χ0) is 15.8. The number of hydrogen-bond donors (Lipinski definition) is 2. The van der Waals surface area contributed by atoms with Gasteiger partial charge in [0.2, 0.25) is 0 Å². The Balaban J connectivity index is 1.43. The Bertz CT molecular complexity index is 594. The van der Waals surface area contributed by atoms with E-state index in [1.807, 2.05) is 0 Å². The predicted octanol–water partition coefficient (Wildman–Crippen LogP) is 0.643. The molecule has 0 radical (unpaired) electrons. The lowest BCUT2D eigenvalue weighted by atomic mass is 9.96. The molecule has 0 spiro atoms. The van der Waals surface area contributed by atoms with Gasteiger partial charge in [0, 0.05) is 24.7 Å². The van der Waals surface area contributed by atoms with Gasteiger partial charge >= 0.3 is 0 Å². The lowest BCUT2D eigenvalue weighted by Gasteiger charge is -2.30. The van der Waals surface area contributed by atoms with E-state index in [2.05, 4.69) is 10.2 Å². The molecule has 2 saturated heterocycles. The molecule has 2 fully saturated rings. The Kier molecular flexibility index (Phi) is 3.87. The summed E-state index contributed by atoms with van der Waals surface area (Å²) in [5, 5.41) is 12.3. The van der Waals surface area contributed by atoms with Crippen LogP contribution in [0.5, 0.6) is 11.5 Å². The Morgan fingerprint density at radius 2 is 2.26 bits per heavy atom. The third-order valence-corrected chi connectivity index (χ3v) is 4.93. The molecule has 6 nitrogen and oxygen atoms in total. The fourth-order valence-electron chi connectivity index (χ4n) is 3.78. The number of rotatable bonds is 3. The number of nitrogens with zero attached hydrogens (tertiary/aromatic N) is 1. The number of benzene rings is 1. The topological polar surface area (TPSA) is 71.0 Å². The van der Waals surface area contributed by atoms with Gasteiger partial charge in [0.1, 0.15) is 6.61 Å². The summed E-state index contributed by atoms with van der Waals surface area (Å²) in [5.74, 6) is 1.81. The molecule has 23 heavy (non-hydrogen) atoms. The molecule has 3 aliphatic heterocycles. The maximum Gasteiger partial charge on any atom is 0.251 e. The number of aliphatic hydroxyl groups excluding tert-OH is 1. The first kappa shape index (κ1) is 14.8. The van der Waals surface area contributed by atoms with Crippen LogP contribution >= 0.6 is 0 Å². The van der Waals surface area contributed by atoms with Crippen molar-refractivity contribution in [2.45, 2.75) is 25.0 Å². The maximum absolute atomic E-state index is 12.5. The molecule has 1 amide bonds. The molecule has 4 atom stereocenters. The van der Waals surface area contributed by atoms with Crippen LogP contribution in [-0.4, -0.2) is 60.9 Å². The van der Waals surface area contributed by atoms with E-state index in [-0.39, 0.29) is 24.7 Å². The Morgan fingerprint density at radius 3 is 3.09 bits per heavy atom. The van der Waals surface area contributed by atoms with Gasteiger partial charge in [-0.05, 0) is 43.5 Å². The number of hydrogen-bond acceptors (Lipinski definition) is 5. The minimum Gasteiger partial charge on any atom is -0.486 e. The largest absolute Gasteiger partial charge is 0.486 e. The quantitative estimate of drug-likeness (QED) is 0.856. The van der Waals surface area contributed by atoms with Crippen LogP contribution in [0.3, 0.4) is 0 Å². The molecule has 6 heteroatoms. The first-order chi connectivity index (χ1) is 11.2. The summed E-state index contributed by atoms with van der Waals surface area (Å²) in [4.78, 5) is 14.9. The van der Waals surface area contributed by atoms with Crippen molar-refractivity contribution in [3.8, 4) is 11.5 Å². The van der Waals surface area contributed by atoms with E-state index in [0.29, 0.717) is 23.7 Å². The lowest BCUT2D eigenvalue weighted by molar-refractivity contribution is 0.0455. The van der Waals surface area contributed by atoms with Gasteiger partial charge in [-0.1, -0.05) is 0 Å². The molecule has 3 heterocycles. The number of amides is 1. The van der Waals surface area contributed by atoms with Crippen LogP contribution in [0.1, 0.15) is 23.2 Å². The molecular formula is C17H22N2O4. The highest BCUT2D eigenvalue weighted by molar-refractivity contribution is 5.95. The van der Waals surface area contributed by atoms with Crippen molar-refractivity contribution in [2.75, 3.05) is 32.8 Å². The molecule has 124 valence electrons. The van der Waals surface area contributed by atoms with Crippen molar-refractivity contribution in [2.24, 2.45) is 5.92 Å². The molecule has 2 N–H and O–H groups in total. The van der Waals surface area contributed by atoms with Crippen LogP contribution in [-0.2, 0) is 0 Å². The Morgan fingerprint density at radius 1 is 1.35 bits per heavy atom. The second kappa shape index (κ2) is 6.02. The first-order valence-electron chi connectivity index (χ1n) is 8.29. The van der Waals surface area contributed by atoms with Crippen molar-refractivity contribution >= 4 is 5.91 Å². The van der Waals surface area contributed by atoms with Gasteiger partial charge < -0.3 is 24.8 Å². The Hall–Kier alpha value is -1.79. The molecule has 1 aromatic rings. The maximum atomic E-state index is 12.5. The standard InChI is InChI=1S/C17H22N2O4/c20-9-14-10-22-16-6-12(1-2-15(16)23-14)17(21)18-13-5-11-3-4-19(7-11)8-13/h1-2,6,11,13-14,20H,3-5,7-10H2,(H,18,21)/t11-,13+,14-/m0/s1. The molecule has 3 aliphatic rings. The number of carbonyl (C=O) groups is 1. The van der Waals surface area contributed by atoms with E-state index in [1.165, 1.54) is 13.0 Å². The zero-order valence-electron chi connectivity index (χ0n) is 13.0. The van der Waals surface area contributed by atoms with Gasteiger partial charge in [0.05, 0.1) is 6.61 Å². The number of fused-ring (bicyclic) bond motifs is 3. The summed E-state index contributed by atoms with van der Waals surface area (Å²) in [7, 11) is 0. The summed E-state index contributed by atoms with van der Waals surface area (Å²) in [6, 6.07) is 5.43. The highest BCUT2D eigenvalue weighted by Gasteiger charge is 2.33. The van der Waals surface area contributed by atoms with Crippen LogP contribution in [0.25, 0.3) is 0 Å². The Labute approximate surface area is 135 Å². The third-order valence-electron chi connectivity index (χ3n) is 4.93. The molecule has 0 aromatic heterocycles. The van der Waals surface area contributed by atoms with Gasteiger partial charge in [-0.15, -0.1) is 0 Å². The minimum atomic E-state index is -0.339. The minimum absolute atomic E-state index is 0.0619. The number of nitrogens with one attached hydrogen (secondary N) is 1. The van der Waals surface area contributed by atoms with E-state index in [0.717, 1.165) is 25.4 Å². The summed E-state index contributed by atoms with van der Waals surface area (Å²) in [5.41, 5.74) is 0.586. The summed E-state index contributed by atoms with van der Waals surface area (Å²) < 4.78 is 11.2. The van der Waals surface area contributed by atoms with E-state index < -0.39 is 0 Å². The van der Waals surface area contributed by atoms with Crippen molar-refractivity contribution in [1.82, 2.24) is 10.2 Å². The lowest BCUT2D eigenvalue weighted by Crippen LogP contribution is -2.47. The SMILES string of the molecule is O=C(N[C@@H]1C[C@@H]2CCN(C2)C1)c1ccc2c(c1)OC[C@H](CO)O2. The van der Waals surface area contributed by atoms with Gasteiger partial charge in [-0.2, -0.15) is 0 Å². The molecule has 4 rings (SSSR count). The second-order valence-corrected chi connectivity index (χ2v) is 6.72. The van der Waals surface area contributed by atoms with Crippen LogP contribution in [0, 0.1) is 5.92 Å². The summed E-state index contributed by atoms with van der Waals surface area (Å²) in [6.07, 6.45) is 1.99. The van der Waals surface area contributed by atoms with Crippen molar-refractivity contribution in [1.29, 1.82) is 0 Å². The van der Waals surface area contributed by atoms with E-state index in [9.17, 15) is 4.79 Å². The van der Waals surface area contributed by atoms with E-state index >= 15 is 0 Å². The van der Waals surface area contributed by atoms with Gasteiger partial charge in [0.25, 0.3) is 5.91 Å². The monoisotopic (exact) mass is 318 g/mol. The van der Waals surface area contributed by atoms with Gasteiger partial charge in [0.15, 0.2) is 17.6 Å². The van der Waals surface area contributed by atoms with Crippen molar-refractivity contribution in [3.05, 3.63) is 23.8 Å². The van der Waals surface area contributed by atoms with Crippen molar-refractivity contribution in [3.63, 3.8) is 0 Å². The van der Waals surface area contributed by atoms with Crippen LogP contribution < -0.4 is 14.8 Å². The first-order valence-corrected chi connectivity index (χ1v) is 8.29. The second-order valence-electron chi connectivity index (χ2n) is 6.72. The molecule has 1 unspecified atom stereocenters. The fourth-order valence-corrected chi connectivity index (χ4v) is 3.78. The zero-order valence-corrected chi connectivity index (χ0v) is 13.0. The third kappa shape index (κ3) is 3.01. The number of aliphatic hydroxyl groups is 1. The summed E-state index contributed by atoms with van der Waals surface area (Å²) in [6.45, 7) is 3.51. The predicted molar refractivity (Wildman–Crippen MR) is 83.9 cm³/mol. The van der Waals surface area contributed by atoms with Crippen molar-refractivity contribution < 1.29 is 19.4 Å². The van der Waals surface area contributed by atoms with Crippen LogP contribution in [0.15, 0.2) is 18.2 Å². The van der Waals surface area contributed by atoms with Crippen LogP contribution in [0.2, 0.25) is 0 Å². The normalized spacial score (nSPS) is 31.7. The highest BCUT2D eigenvalue weighted by atomic mass is 16.6. The fraction of sp³-hybridized carbons (Fsp3) is 0.588. The summed E-state index contributed by atoms with van der Waals surface area (Å²) >= 11 is 0. The number of carbonyl (C=O) groups excluding carboxylic acids is 1. The molecule has 0 saturated carbocycles. The smallest absolute Gasteiger partial charge is 0.251 e. The van der Waals surface area contributed by atoms with E-state index in [1.54, 1.807) is 18.2 Å². The van der Waals surface area contributed by atoms with E-state index in [4.69, 9.17) is 14.6 Å². The molecule has 0 aliphatic carbocycles. The molecule has 1 aromatic carbocycles. The number of ether oxygens (including phenoxy) is 2. The average Bonchev–Trinajstić information content (AvgIpc) is 2.92. The highest BCUT2D eigenvalue weighted by Crippen LogP contribution is 2.33. The number of piperidine rings is 1. The molecular weight excluding hydrogens is 296 g/mol. The molecule has 2 bridgehead atoms. The van der Waals surface area contributed by atoms with Gasteiger partial charge in [-0.3, -0.25) is 4.79 Å². The van der Waals surface area contributed by atoms with Gasteiger partial charge in [-0.25, -0.2) is 0 Å².